The van der Waals surface area contributed by atoms with Crippen molar-refractivity contribution in [1.29, 1.82) is 0 Å². The molecule has 42 heavy (non-hydrogen) atoms. The number of ether oxygens (including phenoxy) is 2. The molecule has 0 aromatic heterocycles. The molecule has 0 bridgehead atoms. The predicted molar refractivity (Wildman–Crippen MR) is 157 cm³/mol. The first-order valence-electron chi connectivity index (χ1n) is 14.3. The van der Waals surface area contributed by atoms with Gasteiger partial charge in [0.05, 0.1) is 25.3 Å². The van der Waals surface area contributed by atoms with Gasteiger partial charge in [-0.3, -0.25) is 19.2 Å². The molecule has 0 aliphatic carbocycles. The van der Waals surface area contributed by atoms with E-state index in [4.69, 9.17) is 4.74 Å². The van der Waals surface area contributed by atoms with Crippen LogP contribution in [0.15, 0.2) is 30.3 Å². The van der Waals surface area contributed by atoms with Gasteiger partial charge in [0.25, 0.3) is 0 Å². The summed E-state index contributed by atoms with van der Waals surface area (Å²) in [5, 5.41) is 22.0. The summed E-state index contributed by atoms with van der Waals surface area (Å²) in [4.78, 5) is 61.9. The van der Waals surface area contributed by atoms with Gasteiger partial charge >= 0.3 is 12.1 Å². The molecule has 1 aromatic rings. The maximum atomic E-state index is 13.2. The van der Waals surface area contributed by atoms with E-state index in [0.717, 1.165) is 5.56 Å². The number of carbonyl (C=O) groups is 5. The molecule has 5 N–H and O–H groups in total. The number of alkyl carbamates (subject to hydrolysis) is 1. The fraction of sp³-hybridized carbons (Fsp3) is 0.633. The molecule has 0 saturated heterocycles. The van der Waals surface area contributed by atoms with Crippen LogP contribution < -0.4 is 21.3 Å². The van der Waals surface area contributed by atoms with Crippen LogP contribution in [-0.2, 0) is 35.1 Å². The van der Waals surface area contributed by atoms with Crippen molar-refractivity contribution in [2.75, 3.05) is 13.7 Å². The lowest BCUT2D eigenvalue weighted by molar-refractivity contribution is -0.143. The number of hydrogen-bond donors (Lipinski definition) is 5. The summed E-state index contributed by atoms with van der Waals surface area (Å²) in [5.41, 5.74) is 0.859. The number of aliphatic hydroxyl groups is 1. The Hall–Kier alpha value is -3.67. The summed E-state index contributed by atoms with van der Waals surface area (Å²) >= 11 is 0. The number of amides is 4. The Morgan fingerprint density at radius 2 is 1.38 bits per heavy atom. The Morgan fingerprint density at radius 1 is 0.786 bits per heavy atom. The van der Waals surface area contributed by atoms with Gasteiger partial charge in [0.2, 0.25) is 17.7 Å². The molecular formula is C30H48N4O8. The zero-order valence-corrected chi connectivity index (χ0v) is 25.9. The van der Waals surface area contributed by atoms with E-state index in [9.17, 15) is 29.1 Å². The molecule has 12 nitrogen and oxygen atoms in total. The lowest BCUT2D eigenvalue weighted by Crippen LogP contribution is -2.55. The van der Waals surface area contributed by atoms with E-state index in [1.807, 2.05) is 44.2 Å². The third kappa shape index (κ3) is 12.9. The molecule has 0 spiro atoms. The Kier molecular flexibility index (Phi) is 15.6. The molecule has 0 aliphatic heterocycles. The van der Waals surface area contributed by atoms with E-state index in [0.29, 0.717) is 0 Å². The standard InChI is InChI=1S/C30H48N4O8/c1-17(2)24(16-42-21(7)35)33-29(39)26(18(3)4)34-27(37)19(5)14-25(36)23(15-22-12-10-9-11-13-22)32-28(38)20(6)31-30(40)41-8/h9-13,17-20,23-26,36H,14-16H2,1-8H3,(H,31,40)(H,32,38)(H,33,39)(H,34,37)/t19?,20-,23-,24+,25-,26+/m0/s1. The second-order valence-corrected chi connectivity index (χ2v) is 11.3. The van der Waals surface area contributed by atoms with Crippen molar-refractivity contribution in [3.63, 3.8) is 0 Å². The Bertz CT molecular complexity index is 1030. The second-order valence-electron chi connectivity index (χ2n) is 11.3. The van der Waals surface area contributed by atoms with Gasteiger partial charge in [0.15, 0.2) is 0 Å². The van der Waals surface area contributed by atoms with Crippen LogP contribution in [0.1, 0.15) is 60.5 Å². The predicted octanol–water partition coefficient (Wildman–Crippen LogP) is 1.69. The van der Waals surface area contributed by atoms with Gasteiger partial charge in [-0.05, 0) is 37.2 Å². The lowest BCUT2D eigenvalue weighted by Gasteiger charge is -2.30. The molecule has 0 saturated carbocycles. The fourth-order valence-electron chi connectivity index (χ4n) is 4.10. The summed E-state index contributed by atoms with van der Waals surface area (Å²) in [6.07, 6.45) is -1.61. The number of hydrogen-bond acceptors (Lipinski definition) is 8. The van der Waals surface area contributed by atoms with Gasteiger partial charge in [0.1, 0.15) is 18.7 Å². The average Bonchev–Trinajstić information content (AvgIpc) is 2.92. The highest BCUT2D eigenvalue weighted by Gasteiger charge is 2.32. The number of esters is 1. The minimum Gasteiger partial charge on any atom is -0.464 e. The van der Waals surface area contributed by atoms with Crippen molar-refractivity contribution in [2.45, 2.75) is 91.6 Å². The topological polar surface area (TPSA) is 172 Å². The molecule has 1 rings (SSSR count). The van der Waals surface area contributed by atoms with E-state index < -0.39 is 66.0 Å². The molecule has 0 fully saturated rings. The first-order valence-corrected chi connectivity index (χ1v) is 14.3. The third-order valence-electron chi connectivity index (χ3n) is 6.89. The first-order chi connectivity index (χ1) is 19.7. The monoisotopic (exact) mass is 592 g/mol. The van der Waals surface area contributed by atoms with Crippen LogP contribution in [0, 0.1) is 17.8 Å². The van der Waals surface area contributed by atoms with Crippen LogP contribution in [0.2, 0.25) is 0 Å². The molecule has 12 heteroatoms. The highest BCUT2D eigenvalue weighted by molar-refractivity contribution is 5.89. The molecule has 0 aliphatic rings. The van der Waals surface area contributed by atoms with Gasteiger partial charge in [-0.15, -0.1) is 0 Å². The van der Waals surface area contributed by atoms with Crippen LogP contribution in [0.3, 0.4) is 0 Å². The van der Waals surface area contributed by atoms with Gasteiger partial charge < -0.3 is 35.8 Å². The number of carbonyl (C=O) groups excluding carboxylic acids is 5. The van der Waals surface area contributed by atoms with E-state index >= 15 is 0 Å². The largest absolute Gasteiger partial charge is 0.464 e. The molecule has 236 valence electrons. The normalized spacial score (nSPS) is 15.4. The summed E-state index contributed by atoms with van der Waals surface area (Å²) < 4.78 is 9.62. The van der Waals surface area contributed by atoms with Gasteiger partial charge in [-0.2, -0.15) is 0 Å². The molecule has 1 aromatic carbocycles. The molecule has 6 atom stereocenters. The number of rotatable bonds is 16. The summed E-state index contributed by atoms with van der Waals surface area (Å²) in [5.74, 6) is -2.80. The minimum absolute atomic E-state index is 0.00404. The number of nitrogens with one attached hydrogen (secondary N) is 4. The van der Waals surface area contributed by atoms with Crippen molar-refractivity contribution in [3.8, 4) is 0 Å². The van der Waals surface area contributed by atoms with Crippen LogP contribution >= 0.6 is 0 Å². The van der Waals surface area contributed by atoms with Gasteiger partial charge in [-0.25, -0.2) is 4.79 Å². The van der Waals surface area contributed by atoms with Gasteiger partial charge in [0, 0.05) is 12.8 Å². The van der Waals surface area contributed by atoms with E-state index in [-0.39, 0.29) is 31.3 Å². The molecule has 0 radical (unpaired) electrons. The fourth-order valence-corrected chi connectivity index (χ4v) is 4.10. The highest BCUT2D eigenvalue weighted by Crippen LogP contribution is 2.16. The van der Waals surface area contributed by atoms with Crippen LogP contribution in [0.4, 0.5) is 4.79 Å². The van der Waals surface area contributed by atoms with Crippen molar-refractivity contribution in [2.24, 2.45) is 17.8 Å². The maximum Gasteiger partial charge on any atom is 0.407 e. The highest BCUT2D eigenvalue weighted by atomic mass is 16.5. The van der Waals surface area contributed by atoms with Crippen molar-refractivity contribution >= 4 is 29.8 Å². The molecular weight excluding hydrogens is 544 g/mol. The first kappa shape index (κ1) is 36.4. The Balaban J connectivity index is 2.96. The zero-order valence-electron chi connectivity index (χ0n) is 25.9. The smallest absolute Gasteiger partial charge is 0.407 e. The molecule has 4 amide bonds. The van der Waals surface area contributed by atoms with E-state index in [2.05, 4.69) is 26.0 Å². The van der Waals surface area contributed by atoms with E-state index in [1.54, 1.807) is 20.8 Å². The SMILES string of the molecule is COC(=O)N[C@@H](C)C(=O)N[C@@H](Cc1ccccc1)[C@@H](O)CC(C)C(=O)N[C@@H](C(=O)N[C@H](COC(C)=O)C(C)C)C(C)C. The second kappa shape index (κ2) is 18.0. The van der Waals surface area contributed by atoms with Crippen LogP contribution in [0.5, 0.6) is 0 Å². The zero-order chi connectivity index (χ0) is 32.0. The van der Waals surface area contributed by atoms with Crippen molar-refractivity contribution < 1.29 is 38.6 Å². The number of aliphatic hydroxyl groups excluding tert-OH is 1. The summed E-state index contributed by atoms with van der Waals surface area (Å²) in [7, 11) is 1.19. The quantitative estimate of drug-likeness (QED) is 0.180. The molecule has 1 unspecified atom stereocenters. The Labute approximate surface area is 248 Å². The number of benzene rings is 1. The number of methoxy groups -OCH3 is 1. The van der Waals surface area contributed by atoms with Crippen LogP contribution in [0.25, 0.3) is 0 Å². The summed E-state index contributed by atoms with van der Waals surface area (Å²) in [6.45, 7) is 11.8. The lowest BCUT2D eigenvalue weighted by atomic mass is 9.92. The van der Waals surface area contributed by atoms with Crippen molar-refractivity contribution in [1.82, 2.24) is 21.3 Å². The minimum atomic E-state index is -1.12. The third-order valence-corrected chi connectivity index (χ3v) is 6.89. The van der Waals surface area contributed by atoms with Crippen molar-refractivity contribution in [3.05, 3.63) is 35.9 Å². The molecule has 0 heterocycles. The maximum absolute atomic E-state index is 13.2. The van der Waals surface area contributed by atoms with Crippen LogP contribution in [-0.4, -0.2) is 78.9 Å². The average molecular weight is 593 g/mol. The van der Waals surface area contributed by atoms with Gasteiger partial charge in [-0.1, -0.05) is 65.0 Å². The Morgan fingerprint density at radius 3 is 1.90 bits per heavy atom. The van der Waals surface area contributed by atoms with E-state index in [1.165, 1.54) is 21.0 Å². The summed E-state index contributed by atoms with van der Waals surface area (Å²) in [6, 6.07) is 6.25.